The Morgan fingerprint density at radius 1 is 1.03 bits per heavy atom. The van der Waals surface area contributed by atoms with E-state index in [9.17, 15) is 18.8 Å². The van der Waals surface area contributed by atoms with E-state index in [1.165, 1.54) is 25.3 Å². The van der Waals surface area contributed by atoms with Gasteiger partial charge < -0.3 is 9.47 Å². The molecule has 0 saturated carbocycles. The summed E-state index contributed by atoms with van der Waals surface area (Å²) in [4.78, 5) is 38.6. The summed E-state index contributed by atoms with van der Waals surface area (Å²) in [7, 11) is 1.49. The summed E-state index contributed by atoms with van der Waals surface area (Å²) in [5.74, 6) is -1.22. The molecule has 0 unspecified atom stereocenters. The molecule has 0 bridgehead atoms. The summed E-state index contributed by atoms with van der Waals surface area (Å²) in [6, 6.07) is 16.9. The number of barbiturate groups is 1. The number of carbonyl (C=O) groups excluding carboxylic acids is 3. The van der Waals surface area contributed by atoms with Gasteiger partial charge in [-0.15, -0.1) is 0 Å². The van der Waals surface area contributed by atoms with Gasteiger partial charge >= 0.3 is 6.03 Å². The van der Waals surface area contributed by atoms with Crippen molar-refractivity contribution in [1.29, 1.82) is 0 Å². The summed E-state index contributed by atoms with van der Waals surface area (Å²) >= 11 is 2.08. The van der Waals surface area contributed by atoms with E-state index in [1.54, 1.807) is 12.1 Å². The van der Waals surface area contributed by atoms with Gasteiger partial charge in [0.25, 0.3) is 11.8 Å². The lowest BCUT2D eigenvalue weighted by molar-refractivity contribution is -0.122. The Balaban J connectivity index is 1.64. The van der Waals surface area contributed by atoms with Crippen LogP contribution in [0.3, 0.4) is 0 Å². The van der Waals surface area contributed by atoms with Gasteiger partial charge in [-0.1, -0.05) is 30.3 Å². The predicted octanol–water partition coefficient (Wildman–Crippen LogP) is 4.68. The van der Waals surface area contributed by atoms with E-state index < -0.39 is 23.7 Å². The van der Waals surface area contributed by atoms with Crippen LogP contribution in [0.5, 0.6) is 11.5 Å². The molecule has 1 heterocycles. The number of methoxy groups -OCH3 is 1. The quantitative estimate of drug-likeness (QED) is 0.264. The summed E-state index contributed by atoms with van der Waals surface area (Å²) in [5, 5.41) is 2.14. The molecule has 4 amide bonds. The van der Waals surface area contributed by atoms with Crippen LogP contribution in [0, 0.1) is 9.39 Å². The minimum atomic E-state index is -0.907. The van der Waals surface area contributed by atoms with Crippen molar-refractivity contribution in [3.05, 3.63) is 92.8 Å². The standard InChI is InChI=1S/C25H18FIN2O5/c1-33-21-13-16(12-20(27)22(21)34-14-15-5-3-2-4-6-15)11-19-23(30)28-25(32)29(24(19)31)18-9-7-17(26)8-10-18/h2-13H,14H2,1H3,(H,28,30,32)/b19-11+. The first kappa shape index (κ1) is 23.4. The molecule has 0 radical (unpaired) electrons. The maximum atomic E-state index is 13.3. The van der Waals surface area contributed by atoms with E-state index in [4.69, 9.17) is 9.47 Å². The highest BCUT2D eigenvalue weighted by Gasteiger charge is 2.36. The van der Waals surface area contributed by atoms with Gasteiger partial charge in [0.2, 0.25) is 0 Å². The van der Waals surface area contributed by atoms with Crippen LogP contribution in [0.2, 0.25) is 0 Å². The number of ether oxygens (including phenoxy) is 2. The fourth-order valence-electron chi connectivity index (χ4n) is 3.34. The van der Waals surface area contributed by atoms with Gasteiger partial charge in [-0.2, -0.15) is 0 Å². The Morgan fingerprint density at radius 3 is 2.41 bits per heavy atom. The van der Waals surface area contributed by atoms with Crippen LogP contribution >= 0.6 is 22.6 Å². The number of hydrogen-bond acceptors (Lipinski definition) is 5. The number of imide groups is 2. The second kappa shape index (κ2) is 10.0. The number of hydrogen-bond donors (Lipinski definition) is 1. The molecule has 1 aliphatic heterocycles. The van der Waals surface area contributed by atoms with Crippen molar-refractivity contribution in [2.75, 3.05) is 12.0 Å². The van der Waals surface area contributed by atoms with Crippen molar-refractivity contribution < 1.29 is 28.2 Å². The Labute approximate surface area is 208 Å². The maximum absolute atomic E-state index is 13.3. The first-order chi connectivity index (χ1) is 16.4. The lowest BCUT2D eigenvalue weighted by Crippen LogP contribution is -2.54. The Hall–Kier alpha value is -3.73. The number of rotatable bonds is 6. The lowest BCUT2D eigenvalue weighted by Gasteiger charge is -2.26. The molecule has 7 nitrogen and oxygen atoms in total. The van der Waals surface area contributed by atoms with Gasteiger partial charge in [-0.3, -0.25) is 14.9 Å². The van der Waals surface area contributed by atoms with Gasteiger partial charge in [-0.25, -0.2) is 14.1 Å². The van der Waals surface area contributed by atoms with Gasteiger partial charge in [0.1, 0.15) is 18.0 Å². The number of anilines is 1. The SMILES string of the molecule is COc1cc(/C=C2\C(=O)NC(=O)N(c3ccc(F)cc3)C2=O)cc(I)c1OCc1ccccc1. The highest BCUT2D eigenvalue weighted by atomic mass is 127. The number of nitrogens with one attached hydrogen (secondary N) is 1. The van der Waals surface area contributed by atoms with E-state index >= 15 is 0 Å². The van der Waals surface area contributed by atoms with E-state index in [0.29, 0.717) is 27.2 Å². The highest BCUT2D eigenvalue weighted by molar-refractivity contribution is 14.1. The Bertz CT molecular complexity index is 1290. The molecule has 172 valence electrons. The number of nitrogens with zero attached hydrogens (tertiary/aromatic N) is 1. The fraction of sp³-hybridized carbons (Fsp3) is 0.0800. The topological polar surface area (TPSA) is 84.9 Å². The first-order valence-electron chi connectivity index (χ1n) is 10.1. The molecule has 3 aromatic carbocycles. The highest BCUT2D eigenvalue weighted by Crippen LogP contribution is 2.35. The molecule has 1 saturated heterocycles. The zero-order valence-corrected chi connectivity index (χ0v) is 20.0. The average molecular weight is 572 g/mol. The normalized spacial score (nSPS) is 14.9. The molecule has 3 aromatic rings. The molecule has 0 atom stereocenters. The van der Waals surface area contributed by atoms with E-state index in [1.807, 2.05) is 30.3 Å². The van der Waals surface area contributed by atoms with E-state index in [0.717, 1.165) is 22.6 Å². The van der Waals surface area contributed by atoms with Crippen molar-refractivity contribution in [2.45, 2.75) is 6.61 Å². The molecular formula is C25H18FIN2O5. The molecule has 34 heavy (non-hydrogen) atoms. The molecule has 0 aromatic heterocycles. The third kappa shape index (κ3) is 4.93. The lowest BCUT2D eigenvalue weighted by atomic mass is 10.1. The summed E-state index contributed by atoms with van der Waals surface area (Å²) in [6.45, 7) is 0.337. The molecule has 0 aliphatic carbocycles. The zero-order valence-electron chi connectivity index (χ0n) is 17.9. The number of carbonyl (C=O) groups is 3. The predicted molar refractivity (Wildman–Crippen MR) is 132 cm³/mol. The van der Waals surface area contributed by atoms with Crippen molar-refractivity contribution >= 4 is 52.2 Å². The monoisotopic (exact) mass is 572 g/mol. The second-order valence-corrected chi connectivity index (χ2v) is 8.40. The van der Waals surface area contributed by atoms with Crippen LogP contribution in [-0.4, -0.2) is 25.0 Å². The molecule has 9 heteroatoms. The fourth-order valence-corrected chi connectivity index (χ4v) is 4.12. The van der Waals surface area contributed by atoms with Crippen LogP contribution in [0.4, 0.5) is 14.9 Å². The summed E-state index contributed by atoms with van der Waals surface area (Å²) in [6.07, 6.45) is 1.37. The number of amides is 4. The van der Waals surface area contributed by atoms with Crippen LogP contribution in [0.25, 0.3) is 6.08 Å². The van der Waals surface area contributed by atoms with Crippen LogP contribution < -0.4 is 19.7 Å². The van der Waals surface area contributed by atoms with Crippen LogP contribution in [-0.2, 0) is 16.2 Å². The molecule has 1 N–H and O–H groups in total. The molecule has 4 rings (SSSR count). The Morgan fingerprint density at radius 2 is 1.74 bits per heavy atom. The molecule has 1 aliphatic rings. The third-order valence-electron chi connectivity index (χ3n) is 4.98. The van der Waals surface area contributed by atoms with Crippen LogP contribution in [0.15, 0.2) is 72.3 Å². The first-order valence-corrected chi connectivity index (χ1v) is 11.2. The van der Waals surface area contributed by atoms with Crippen molar-refractivity contribution in [2.24, 2.45) is 0 Å². The number of urea groups is 1. The molecular weight excluding hydrogens is 554 g/mol. The van der Waals surface area contributed by atoms with Gasteiger partial charge in [0.15, 0.2) is 11.5 Å². The van der Waals surface area contributed by atoms with Crippen molar-refractivity contribution in [3.63, 3.8) is 0 Å². The van der Waals surface area contributed by atoms with Gasteiger partial charge in [0, 0.05) is 0 Å². The minimum absolute atomic E-state index is 0.138. The van der Waals surface area contributed by atoms with E-state index in [2.05, 4.69) is 27.9 Å². The van der Waals surface area contributed by atoms with Gasteiger partial charge in [0.05, 0.1) is 16.4 Å². The number of halogens is 2. The molecule has 1 fully saturated rings. The summed E-state index contributed by atoms with van der Waals surface area (Å²) in [5.41, 5.74) is 1.38. The van der Waals surface area contributed by atoms with Crippen molar-refractivity contribution in [3.8, 4) is 11.5 Å². The third-order valence-corrected chi connectivity index (χ3v) is 5.78. The average Bonchev–Trinajstić information content (AvgIpc) is 2.82. The zero-order chi connectivity index (χ0) is 24.2. The smallest absolute Gasteiger partial charge is 0.335 e. The van der Waals surface area contributed by atoms with Crippen molar-refractivity contribution in [1.82, 2.24) is 5.32 Å². The number of benzene rings is 3. The van der Waals surface area contributed by atoms with E-state index in [-0.39, 0.29) is 11.3 Å². The van der Waals surface area contributed by atoms with Crippen LogP contribution in [0.1, 0.15) is 11.1 Å². The summed E-state index contributed by atoms with van der Waals surface area (Å²) < 4.78 is 25.4. The minimum Gasteiger partial charge on any atom is -0.493 e. The largest absolute Gasteiger partial charge is 0.493 e. The Kier molecular flexibility index (Phi) is 6.92. The maximum Gasteiger partial charge on any atom is 0.335 e. The molecule has 0 spiro atoms. The second-order valence-electron chi connectivity index (χ2n) is 7.24. The van der Waals surface area contributed by atoms with Gasteiger partial charge in [-0.05, 0) is 76.2 Å².